The van der Waals surface area contributed by atoms with Gasteiger partial charge in [-0.1, -0.05) is 6.42 Å². The van der Waals surface area contributed by atoms with Gasteiger partial charge in [0.1, 0.15) is 0 Å². The van der Waals surface area contributed by atoms with Gasteiger partial charge in [0.05, 0.1) is 5.56 Å². The van der Waals surface area contributed by atoms with Crippen LogP contribution in [-0.4, -0.2) is 35.5 Å². The molecule has 1 aromatic heterocycles. The lowest BCUT2D eigenvalue weighted by atomic mass is 9.84. The third-order valence-electron chi connectivity index (χ3n) is 3.60. The van der Waals surface area contributed by atoms with Crippen LogP contribution in [0.5, 0.6) is 0 Å². The summed E-state index contributed by atoms with van der Waals surface area (Å²) in [6, 6.07) is 1.81. The Morgan fingerprint density at radius 3 is 2.89 bits per heavy atom. The lowest BCUT2D eigenvalue weighted by Gasteiger charge is -2.40. The molecule has 18 heavy (non-hydrogen) atoms. The molecule has 1 aliphatic rings. The number of carbonyl (C=O) groups excluding carboxylic acids is 1. The van der Waals surface area contributed by atoms with Crippen molar-refractivity contribution in [3.8, 4) is 0 Å². The molecule has 1 aliphatic carbocycles. The van der Waals surface area contributed by atoms with Crippen LogP contribution in [-0.2, 0) is 0 Å². The third-order valence-corrected chi connectivity index (χ3v) is 5.02. The van der Waals surface area contributed by atoms with Gasteiger partial charge in [0, 0.05) is 36.4 Å². The SMILES string of the molecule is CNc1ccncc1C(=O)NCC1(SC)CCC1. The fourth-order valence-electron chi connectivity index (χ4n) is 2.15. The molecule has 1 fully saturated rings. The quantitative estimate of drug-likeness (QED) is 0.856. The zero-order chi connectivity index (χ0) is 13.0. The van der Waals surface area contributed by atoms with Gasteiger partial charge in [0.15, 0.2) is 0 Å². The lowest BCUT2D eigenvalue weighted by molar-refractivity contribution is 0.0944. The monoisotopic (exact) mass is 265 g/mol. The number of hydrogen-bond acceptors (Lipinski definition) is 4. The Hall–Kier alpha value is -1.23. The molecule has 2 N–H and O–H groups in total. The molecule has 0 aromatic carbocycles. The predicted octanol–water partition coefficient (Wildman–Crippen LogP) is 2.14. The molecule has 0 bridgehead atoms. The molecule has 0 saturated heterocycles. The topological polar surface area (TPSA) is 54.0 Å². The number of pyridine rings is 1. The minimum atomic E-state index is -0.0484. The molecular weight excluding hydrogens is 246 g/mol. The van der Waals surface area contributed by atoms with Gasteiger partial charge < -0.3 is 10.6 Å². The summed E-state index contributed by atoms with van der Waals surface area (Å²) in [6.45, 7) is 0.741. The van der Waals surface area contributed by atoms with E-state index in [4.69, 9.17) is 0 Å². The van der Waals surface area contributed by atoms with E-state index in [2.05, 4.69) is 21.9 Å². The maximum absolute atomic E-state index is 12.1. The zero-order valence-electron chi connectivity index (χ0n) is 10.8. The molecule has 1 heterocycles. The molecule has 0 aliphatic heterocycles. The molecule has 2 rings (SSSR count). The first-order valence-corrected chi connectivity index (χ1v) is 7.38. The average Bonchev–Trinajstić information content (AvgIpc) is 2.37. The first-order chi connectivity index (χ1) is 8.71. The smallest absolute Gasteiger partial charge is 0.255 e. The molecule has 0 atom stereocenters. The van der Waals surface area contributed by atoms with Crippen LogP contribution in [0.4, 0.5) is 5.69 Å². The van der Waals surface area contributed by atoms with Crippen LogP contribution in [0, 0.1) is 0 Å². The fourth-order valence-corrected chi connectivity index (χ4v) is 3.07. The first kappa shape index (κ1) is 13.2. The van der Waals surface area contributed by atoms with E-state index >= 15 is 0 Å². The predicted molar refractivity (Wildman–Crippen MR) is 76.2 cm³/mol. The van der Waals surface area contributed by atoms with E-state index in [1.807, 2.05) is 17.8 Å². The second kappa shape index (κ2) is 5.61. The van der Waals surface area contributed by atoms with Crippen LogP contribution in [0.25, 0.3) is 0 Å². The number of aromatic nitrogens is 1. The van der Waals surface area contributed by atoms with Gasteiger partial charge in [-0.15, -0.1) is 0 Å². The Balaban J connectivity index is 1.99. The summed E-state index contributed by atoms with van der Waals surface area (Å²) >= 11 is 1.86. The number of anilines is 1. The number of hydrogen-bond donors (Lipinski definition) is 2. The van der Waals surface area contributed by atoms with Gasteiger partial charge >= 0.3 is 0 Å². The van der Waals surface area contributed by atoms with Gasteiger partial charge in [0.25, 0.3) is 5.91 Å². The molecule has 0 unspecified atom stereocenters. The van der Waals surface area contributed by atoms with Crippen LogP contribution in [0.15, 0.2) is 18.5 Å². The first-order valence-electron chi connectivity index (χ1n) is 6.16. The molecule has 0 spiro atoms. The molecule has 98 valence electrons. The number of thioether (sulfide) groups is 1. The number of nitrogens with one attached hydrogen (secondary N) is 2. The highest BCUT2D eigenvalue weighted by Crippen LogP contribution is 2.42. The van der Waals surface area contributed by atoms with Crippen molar-refractivity contribution in [2.75, 3.05) is 25.2 Å². The highest BCUT2D eigenvalue weighted by atomic mass is 32.2. The molecule has 0 radical (unpaired) electrons. The molecule has 5 heteroatoms. The second-order valence-electron chi connectivity index (χ2n) is 4.59. The van der Waals surface area contributed by atoms with E-state index in [1.54, 1.807) is 19.4 Å². The highest BCUT2D eigenvalue weighted by molar-refractivity contribution is 8.00. The number of amides is 1. The Kier molecular flexibility index (Phi) is 4.11. The summed E-state index contributed by atoms with van der Waals surface area (Å²) in [5.74, 6) is -0.0484. The summed E-state index contributed by atoms with van der Waals surface area (Å²) in [6.07, 6.45) is 9.06. The van der Waals surface area contributed by atoms with E-state index in [9.17, 15) is 4.79 Å². The largest absolute Gasteiger partial charge is 0.387 e. The van der Waals surface area contributed by atoms with Crippen molar-refractivity contribution >= 4 is 23.4 Å². The van der Waals surface area contributed by atoms with E-state index in [1.165, 1.54) is 19.3 Å². The number of nitrogens with zero attached hydrogens (tertiary/aromatic N) is 1. The summed E-state index contributed by atoms with van der Waals surface area (Å²) < 4.78 is 0.262. The standard InChI is InChI=1S/C13H19N3OS/c1-14-11-4-7-15-8-10(11)12(17)16-9-13(18-2)5-3-6-13/h4,7-8H,3,5-6,9H2,1-2H3,(H,14,15)(H,16,17). The van der Waals surface area contributed by atoms with E-state index in [0.717, 1.165) is 12.2 Å². The summed E-state index contributed by atoms with van der Waals surface area (Å²) in [7, 11) is 1.81. The zero-order valence-corrected chi connectivity index (χ0v) is 11.6. The van der Waals surface area contributed by atoms with Crippen molar-refractivity contribution in [1.82, 2.24) is 10.3 Å². The Morgan fingerprint density at radius 2 is 2.33 bits per heavy atom. The molecule has 1 amide bonds. The lowest BCUT2D eigenvalue weighted by Crippen LogP contribution is -2.45. The van der Waals surface area contributed by atoms with Crippen molar-refractivity contribution < 1.29 is 4.79 Å². The third kappa shape index (κ3) is 2.61. The second-order valence-corrected chi connectivity index (χ2v) is 5.87. The fraction of sp³-hybridized carbons (Fsp3) is 0.538. The van der Waals surface area contributed by atoms with Gasteiger partial charge in [-0.25, -0.2) is 0 Å². The van der Waals surface area contributed by atoms with Crippen LogP contribution in [0.2, 0.25) is 0 Å². The maximum Gasteiger partial charge on any atom is 0.255 e. The Morgan fingerprint density at radius 1 is 1.56 bits per heavy atom. The van der Waals surface area contributed by atoms with Crippen LogP contribution < -0.4 is 10.6 Å². The molecule has 1 saturated carbocycles. The molecular formula is C13H19N3OS. The highest BCUT2D eigenvalue weighted by Gasteiger charge is 2.36. The summed E-state index contributed by atoms with van der Waals surface area (Å²) in [4.78, 5) is 16.1. The van der Waals surface area contributed by atoms with Crippen molar-refractivity contribution in [2.45, 2.75) is 24.0 Å². The van der Waals surface area contributed by atoms with Gasteiger partial charge in [-0.2, -0.15) is 11.8 Å². The summed E-state index contributed by atoms with van der Waals surface area (Å²) in [5, 5.41) is 6.04. The number of rotatable bonds is 5. The Labute approximate surface area is 112 Å². The van der Waals surface area contributed by atoms with E-state index < -0.39 is 0 Å². The minimum absolute atomic E-state index is 0.0484. The van der Waals surface area contributed by atoms with Crippen molar-refractivity contribution in [3.63, 3.8) is 0 Å². The molecule has 4 nitrogen and oxygen atoms in total. The normalized spacial score (nSPS) is 16.8. The molecule has 1 aromatic rings. The van der Waals surface area contributed by atoms with Gasteiger partial charge in [0.2, 0.25) is 0 Å². The summed E-state index contributed by atoms with van der Waals surface area (Å²) in [5.41, 5.74) is 1.42. The van der Waals surface area contributed by atoms with Gasteiger partial charge in [-0.05, 0) is 25.2 Å². The van der Waals surface area contributed by atoms with Crippen molar-refractivity contribution in [1.29, 1.82) is 0 Å². The van der Waals surface area contributed by atoms with Crippen molar-refractivity contribution in [3.05, 3.63) is 24.0 Å². The van der Waals surface area contributed by atoms with Crippen molar-refractivity contribution in [2.24, 2.45) is 0 Å². The van der Waals surface area contributed by atoms with Crippen LogP contribution in [0.3, 0.4) is 0 Å². The van der Waals surface area contributed by atoms with E-state index in [0.29, 0.717) is 5.56 Å². The van der Waals surface area contributed by atoms with Crippen LogP contribution in [0.1, 0.15) is 29.6 Å². The van der Waals surface area contributed by atoms with Gasteiger partial charge in [-0.3, -0.25) is 9.78 Å². The van der Waals surface area contributed by atoms with E-state index in [-0.39, 0.29) is 10.7 Å². The Bertz CT molecular complexity index is 426. The average molecular weight is 265 g/mol. The number of carbonyl (C=O) groups is 1. The minimum Gasteiger partial charge on any atom is -0.387 e. The maximum atomic E-state index is 12.1. The van der Waals surface area contributed by atoms with Crippen LogP contribution >= 0.6 is 11.8 Å².